The highest BCUT2D eigenvalue weighted by molar-refractivity contribution is 6.34. The Morgan fingerprint density at radius 1 is 1.41 bits per heavy atom. The largest absolute Gasteiger partial charge is 0.480 e. The fourth-order valence-electron chi connectivity index (χ4n) is 1.66. The molecule has 7 heteroatoms. The van der Waals surface area contributed by atoms with Gasteiger partial charge >= 0.3 is 5.97 Å². The molecule has 122 valence electrons. The van der Waals surface area contributed by atoms with Gasteiger partial charge in [0.15, 0.2) is 0 Å². The van der Waals surface area contributed by atoms with E-state index in [2.05, 4.69) is 5.32 Å². The maximum atomic E-state index is 13.3. The maximum Gasteiger partial charge on any atom is 0.326 e. The Bertz CT molecular complexity index is 557. The second-order valence-corrected chi connectivity index (χ2v) is 6.09. The number of nitrogens with one attached hydrogen (secondary N) is 1. The fraction of sp³-hybridized carbons (Fsp3) is 0.467. The summed E-state index contributed by atoms with van der Waals surface area (Å²) in [5.41, 5.74) is -0.511. The summed E-state index contributed by atoms with van der Waals surface area (Å²) in [5, 5.41) is 11.1. The number of ether oxygens (including phenoxy) is 1. The fourth-order valence-corrected chi connectivity index (χ4v) is 1.87. The summed E-state index contributed by atoms with van der Waals surface area (Å²) < 4.78 is 18.8. The van der Waals surface area contributed by atoms with E-state index in [1.54, 1.807) is 0 Å². The lowest BCUT2D eigenvalue weighted by molar-refractivity contribution is -0.140. The van der Waals surface area contributed by atoms with Gasteiger partial charge < -0.3 is 15.2 Å². The third-order valence-electron chi connectivity index (χ3n) is 2.74. The zero-order valence-corrected chi connectivity index (χ0v) is 13.4. The SMILES string of the molecule is CC(C)(C)OCCC(NC(=O)c1cccc(F)c1Cl)C(=O)O. The van der Waals surface area contributed by atoms with Gasteiger partial charge in [0.2, 0.25) is 0 Å². The molecule has 5 nitrogen and oxygen atoms in total. The summed E-state index contributed by atoms with van der Waals surface area (Å²) in [4.78, 5) is 23.2. The minimum Gasteiger partial charge on any atom is -0.480 e. The monoisotopic (exact) mass is 331 g/mol. The summed E-state index contributed by atoms with van der Waals surface area (Å²) in [6.07, 6.45) is 0.0886. The van der Waals surface area contributed by atoms with Gasteiger partial charge in [0.25, 0.3) is 5.91 Å². The average Bonchev–Trinajstić information content (AvgIpc) is 2.39. The summed E-state index contributed by atoms with van der Waals surface area (Å²) in [7, 11) is 0. The molecular formula is C15H19ClFNO4. The van der Waals surface area contributed by atoms with E-state index < -0.39 is 29.3 Å². The van der Waals surface area contributed by atoms with Gasteiger partial charge in [-0.05, 0) is 32.9 Å². The second kappa shape index (κ2) is 7.56. The van der Waals surface area contributed by atoms with Gasteiger partial charge in [0.05, 0.1) is 16.2 Å². The van der Waals surface area contributed by atoms with Gasteiger partial charge in [-0.1, -0.05) is 17.7 Å². The number of hydrogen-bond donors (Lipinski definition) is 2. The molecule has 0 heterocycles. The van der Waals surface area contributed by atoms with Crippen molar-refractivity contribution in [3.05, 3.63) is 34.6 Å². The molecule has 0 aliphatic rings. The number of hydrogen-bond acceptors (Lipinski definition) is 3. The van der Waals surface area contributed by atoms with Gasteiger partial charge in [0, 0.05) is 13.0 Å². The molecule has 22 heavy (non-hydrogen) atoms. The molecule has 0 spiro atoms. The summed E-state index contributed by atoms with van der Waals surface area (Å²) in [5.74, 6) is -2.68. The molecule has 0 aromatic heterocycles. The number of halogens is 2. The molecule has 1 rings (SSSR count). The maximum absolute atomic E-state index is 13.3. The van der Waals surface area contributed by atoms with Crippen LogP contribution in [-0.4, -0.2) is 35.2 Å². The number of carbonyl (C=O) groups excluding carboxylic acids is 1. The van der Waals surface area contributed by atoms with Gasteiger partial charge in [-0.2, -0.15) is 0 Å². The Morgan fingerprint density at radius 2 is 2.05 bits per heavy atom. The van der Waals surface area contributed by atoms with Crippen LogP contribution in [0.5, 0.6) is 0 Å². The minimum absolute atomic E-state index is 0.0886. The first-order valence-corrected chi connectivity index (χ1v) is 7.11. The smallest absolute Gasteiger partial charge is 0.326 e. The van der Waals surface area contributed by atoms with Crippen LogP contribution >= 0.6 is 11.6 Å². The molecule has 1 aromatic carbocycles. The predicted octanol–water partition coefficient (Wildman–Crippen LogP) is 2.87. The molecule has 1 atom stereocenters. The van der Waals surface area contributed by atoms with Crippen LogP contribution in [-0.2, 0) is 9.53 Å². The molecular weight excluding hydrogens is 313 g/mol. The van der Waals surface area contributed by atoms with Crippen molar-refractivity contribution >= 4 is 23.5 Å². The standard InChI is InChI=1S/C15H19ClFNO4/c1-15(2,3)22-8-7-11(14(20)21)18-13(19)9-5-4-6-10(17)12(9)16/h4-6,11H,7-8H2,1-3H3,(H,18,19)(H,20,21). The van der Waals surface area contributed by atoms with E-state index in [0.29, 0.717) is 0 Å². The second-order valence-electron chi connectivity index (χ2n) is 5.72. The molecule has 1 aromatic rings. The van der Waals surface area contributed by atoms with E-state index in [-0.39, 0.29) is 23.6 Å². The highest BCUT2D eigenvalue weighted by Gasteiger charge is 2.23. The molecule has 0 saturated carbocycles. The van der Waals surface area contributed by atoms with Gasteiger partial charge in [-0.25, -0.2) is 9.18 Å². The zero-order valence-electron chi connectivity index (χ0n) is 12.7. The van der Waals surface area contributed by atoms with Crippen molar-refractivity contribution in [1.29, 1.82) is 0 Å². The summed E-state index contributed by atoms with van der Waals surface area (Å²) in [6.45, 7) is 5.69. The number of benzene rings is 1. The molecule has 0 aliphatic heterocycles. The van der Waals surface area contributed by atoms with E-state index in [0.717, 1.165) is 6.07 Å². The average molecular weight is 332 g/mol. The van der Waals surface area contributed by atoms with Gasteiger partial charge in [0.1, 0.15) is 11.9 Å². The molecule has 2 N–H and O–H groups in total. The molecule has 0 radical (unpaired) electrons. The Labute approximate surface area is 133 Å². The van der Waals surface area contributed by atoms with Crippen molar-refractivity contribution in [1.82, 2.24) is 5.32 Å². The van der Waals surface area contributed by atoms with Crippen molar-refractivity contribution in [2.75, 3.05) is 6.61 Å². The van der Waals surface area contributed by atoms with E-state index in [9.17, 15) is 14.0 Å². The topological polar surface area (TPSA) is 75.6 Å². The van der Waals surface area contributed by atoms with Crippen LogP contribution < -0.4 is 5.32 Å². The first-order chi connectivity index (χ1) is 10.1. The van der Waals surface area contributed by atoms with Crippen LogP contribution in [0, 0.1) is 5.82 Å². The Balaban J connectivity index is 2.72. The summed E-state index contributed by atoms with van der Waals surface area (Å²) >= 11 is 5.71. The highest BCUT2D eigenvalue weighted by Crippen LogP contribution is 2.19. The number of carbonyl (C=O) groups is 2. The number of carboxylic acid groups (broad SMARTS) is 1. The van der Waals surface area contributed by atoms with Crippen molar-refractivity contribution in [2.45, 2.75) is 38.8 Å². The third kappa shape index (κ3) is 5.61. The molecule has 0 fully saturated rings. The van der Waals surface area contributed by atoms with Gasteiger partial charge in [-0.15, -0.1) is 0 Å². The Morgan fingerprint density at radius 3 is 2.59 bits per heavy atom. The summed E-state index contributed by atoms with van der Waals surface area (Å²) in [6, 6.07) is 2.62. The van der Waals surface area contributed by atoms with Crippen LogP contribution in [0.15, 0.2) is 18.2 Å². The van der Waals surface area contributed by atoms with Crippen LogP contribution in [0.3, 0.4) is 0 Å². The quantitative estimate of drug-likeness (QED) is 0.840. The Kier molecular flexibility index (Phi) is 6.32. The van der Waals surface area contributed by atoms with E-state index >= 15 is 0 Å². The van der Waals surface area contributed by atoms with Crippen molar-refractivity contribution < 1.29 is 23.8 Å². The van der Waals surface area contributed by atoms with Crippen LogP contribution in [0.1, 0.15) is 37.6 Å². The molecule has 0 saturated heterocycles. The van der Waals surface area contributed by atoms with Gasteiger partial charge in [-0.3, -0.25) is 4.79 Å². The highest BCUT2D eigenvalue weighted by atomic mass is 35.5. The number of amides is 1. The molecule has 0 bridgehead atoms. The van der Waals surface area contributed by atoms with Crippen molar-refractivity contribution in [2.24, 2.45) is 0 Å². The van der Waals surface area contributed by atoms with Crippen LogP contribution in [0.2, 0.25) is 5.02 Å². The van der Waals surface area contributed by atoms with Crippen molar-refractivity contribution in [3.63, 3.8) is 0 Å². The first-order valence-electron chi connectivity index (χ1n) is 6.73. The van der Waals surface area contributed by atoms with Crippen molar-refractivity contribution in [3.8, 4) is 0 Å². The van der Waals surface area contributed by atoms with E-state index in [1.807, 2.05) is 20.8 Å². The normalized spacial score (nSPS) is 12.8. The lowest BCUT2D eigenvalue weighted by Gasteiger charge is -2.21. The van der Waals surface area contributed by atoms with Crippen LogP contribution in [0.4, 0.5) is 4.39 Å². The molecule has 0 aliphatic carbocycles. The number of aliphatic carboxylic acids is 1. The Hall–Kier alpha value is -1.66. The molecule has 1 amide bonds. The van der Waals surface area contributed by atoms with E-state index in [1.165, 1.54) is 12.1 Å². The number of rotatable bonds is 6. The number of carboxylic acids is 1. The van der Waals surface area contributed by atoms with Crippen LogP contribution in [0.25, 0.3) is 0 Å². The predicted molar refractivity (Wildman–Crippen MR) is 80.6 cm³/mol. The minimum atomic E-state index is -1.20. The van der Waals surface area contributed by atoms with E-state index in [4.69, 9.17) is 21.4 Å². The first kappa shape index (κ1) is 18.4. The zero-order chi connectivity index (χ0) is 16.9. The lowest BCUT2D eigenvalue weighted by Crippen LogP contribution is -2.42. The lowest BCUT2D eigenvalue weighted by atomic mass is 10.1. The third-order valence-corrected chi connectivity index (χ3v) is 3.13. The molecule has 1 unspecified atom stereocenters.